The van der Waals surface area contributed by atoms with Crippen LogP contribution in [0.15, 0.2) is 54.6 Å². The van der Waals surface area contributed by atoms with Gasteiger partial charge in [-0.15, -0.1) is 6.42 Å². The van der Waals surface area contributed by atoms with Crippen LogP contribution in [0.25, 0.3) is 0 Å². The first-order valence-corrected chi connectivity index (χ1v) is 7.19. The first kappa shape index (κ1) is 17.0. The molecule has 1 N–H and O–H groups in total. The zero-order valence-corrected chi connectivity index (χ0v) is 12.8. The Morgan fingerprint density at radius 2 is 1.58 bits per heavy atom. The highest BCUT2D eigenvalue weighted by Crippen LogP contribution is 2.15. The van der Waals surface area contributed by atoms with Crippen LogP contribution in [0.5, 0.6) is 0 Å². The summed E-state index contributed by atoms with van der Waals surface area (Å²) in [7, 11) is 0. The molecule has 120 valence electrons. The van der Waals surface area contributed by atoms with Gasteiger partial charge in [0.25, 0.3) is 5.91 Å². The number of benzene rings is 2. The van der Waals surface area contributed by atoms with E-state index in [1.807, 2.05) is 0 Å². The maximum Gasteiger partial charge on any atom is 0.339 e. The van der Waals surface area contributed by atoms with E-state index in [9.17, 15) is 14.4 Å². The molecular formula is C19H15NO4. The number of ketones is 1. The Kier molecular flexibility index (Phi) is 5.87. The molecule has 0 bridgehead atoms. The fraction of sp³-hybridized carbons (Fsp3) is 0.105. The fourth-order valence-electron chi connectivity index (χ4n) is 2.01. The van der Waals surface area contributed by atoms with Gasteiger partial charge in [-0.05, 0) is 6.07 Å². The summed E-state index contributed by atoms with van der Waals surface area (Å²) < 4.78 is 4.94. The van der Waals surface area contributed by atoms with E-state index in [4.69, 9.17) is 11.2 Å². The molecule has 0 heterocycles. The second-order valence-corrected chi connectivity index (χ2v) is 4.80. The fourth-order valence-corrected chi connectivity index (χ4v) is 2.01. The van der Waals surface area contributed by atoms with Crippen molar-refractivity contribution in [2.45, 2.75) is 0 Å². The van der Waals surface area contributed by atoms with Crippen molar-refractivity contribution in [3.63, 3.8) is 0 Å². The highest BCUT2D eigenvalue weighted by Gasteiger charge is 2.19. The SMILES string of the molecule is C#CCNC(=O)COC(=O)c1ccccc1C(=O)c1ccccc1. The third-order valence-corrected chi connectivity index (χ3v) is 3.15. The van der Waals surface area contributed by atoms with Crippen LogP contribution < -0.4 is 5.32 Å². The Bertz CT molecular complexity index is 791. The molecule has 2 rings (SSSR count). The number of esters is 1. The van der Waals surface area contributed by atoms with Gasteiger partial charge in [0.05, 0.1) is 12.1 Å². The molecule has 0 atom stereocenters. The lowest BCUT2D eigenvalue weighted by atomic mass is 9.98. The van der Waals surface area contributed by atoms with Gasteiger partial charge >= 0.3 is 5.97 Å². The molecule has 5 heteroatoms. The number of hydrogen-bond acceptors (Lipinski definition) is 4. The Morgan fingerprint density at radius 1 is 0.958 bits per heavy atom. The zero-order valence-electron chi connectivity index (χ0n) is 12.8. The standard InChI is InChI=1S/C19H15NO4/c1-2-12-20-17(21)13-24-19(23)16-11-7-6-10-15(16)18(22)14-8-4-3-5-9-14/h1,3-11H,12-13H2,(H,20,21). The number of carbonyl (C=O) groups excluding carboxylic acids is 3. The topological polar surface area (TPSA) is 72.5 Å². The largest absolute Gasteiger partial charge is 0.452 e. The quantitative estimate of drug-likeness (QED) is 0.500. The molecule has 0 unspecified atom stereocenters. The van der Waals surface area contributed by atoms with Gasteiger partial charge < -0.3 is 10.1 Å². The molecule has 0 saturated carbocycles. The molecule has 0 fully saturated rings. The molecule has 2 aromatic carbocycles. The van der Waals surface area contributed by atoms with E-state index in [1.54, 1.807) is 48.5 Å². The van der Waals surface area contributed by atoms with Crippen molar-refractivity contribution in [3.05, 3.63) is 71.3 Å². The summed E-state index contributed by atoms with van der Waals surface area (Å²) in [6.45, 7) is -0.409. The van der Waals surface area contributed by atoms with E-state index in [0.29, 0.717) is 5.56 Å². The number of rotatable bonds is 6. The van der Waals surface area contributed by atoms with Crippen LogP contribution >= 0.6 is 0 Å². The van der Waals surface area contributed by atoms with Crippen LogP contribution in [-0.2, 0) is 9.53 Å². The summed E-state index contributed by atoms with van der Waals surface area (Å²) in [5.74, 6) is 0.700. The lowest BCUT2D eigenvalue weighted by molar-refractivity contribution is -0.123. The highest BCUT2D eigenvalue weighted by molar-refractivity contribution is 6.14. The van der Waals surface area contributed by atoms with Crippen molar-refractivity contribution in [2.24, 2.45) is 0 Å². The molecule has 0 aliphatic rings. The van der Waals surface area contributed by atoms with Gasteiger partial charge in [0.2, 0.25) is 0 Å². The molecule has 0 spiro atoms. The number of terminal acetylenes is 1. The van der Waals surface area contributed by atoms with Gasteiger partial charge in [-0.2, -0.15) is 0 Å². The summed E-state index contributed by atoms with van der Waals surface area (Å²) in [4.78, 5) is 36.2. The molecule has 5 nitrogen and oxygen atoms in total. The molecule has 0 saturated heterocycles. The van der Waals surface area contributed by atoms with E-state index >= 15 is 0 Å². The van der Waals surface area contributed by atoms with Crippen LogP contribution in [0.4, 0.5) is 0 Å². The average Bonchev–Trinajstić information content (AvgIpc) is 2.64. The number of amides is 1. The first-order chi connectivity index (χ1) is 11.6. The van der Waals surface area contributed by atoms with Crippen LogP contribution in [0.3, 0.4) is 0 Å². The molecular weight excluding hydrogens is 306 g/mol. The minimum atomic E-state index is -0.745. The normalized spacial score (nSPS) is 9.62. The molecule has 24 heavy (non-hydrogen) atoms. The molecule has 0 aliphatic heterocycles. The molecule has 2 aromatic rings. The second kappa shape index (κ2) is 8.30. The van der Waals surface area contributed by atoms with Crippen molar-refractivity contribution in [3.8, 4) is 12.3 Å². The number of hydrogen-bond donors (Lipinski definition) is 1. The van der Waals surface area contributed by atoms with Crippen molar-refractivity contribution in [2.75, 3.05) is 13.2 Å². The van der Waals surface area contributed by atoms with E-state index in [0.717, 1.165) is 0 Å². The second-order valence-electron chi connectivity index (χ2n) is 4.80. The smallest absolute Gasteiger partial charge is 0.339 e. The van der Waals surface area contributed by atoms with E-state index in [2.05, 4.69) is 11.2 Å². The number of carbonyl (C=O) groups is 3. The van der Waals surface area contributed by atoms with E-state index < -0.39 is 18.5 Å². The van der Waals surface area contributed by atoms with Gasteiger partial charge in [0.15, 0.2) is 12.4 Å². The third kappa shape index (κ3) is 4.31. The summed E-state index contributed by atoms with van der Waals surface area (Å²) >= 11 is 0. The zero-order chi connectivity index (χ0) is 17.4. The van der Waals surface area contributed by atoms with Crippen LogP contribution in [-0.4, -0.2) is 30.8 Å². The van der Waals surface area contributed by atoms with Crippen LogP contribution in [0.1, 0.15) is 26.3 Å². The summed E-state index contributed by atoms with van der Waals surface area (Å²) in [6, 6.07) is 14.9. The molecule has 0 aromatic heterocycles. The maximum atomic E-state index is 12.5. The predicted molar refractivity (Wildman–Crippen MR) is 88.4 cm³/mol. The highest BCUT2D eigenvalue weighted by atomic mass is 16.5. The van der Waals surface area contributed by atoms with Crippen LogP contribution in [0.2, 0.25) is 0 Å². The van der Waals surface area contributed by atoms with E-state index in [-0.39, 0.29) is 23.5 Å². The molecule has 0 aliphatic carbocycles. The average molecular weight is 321 g/mol. The Balaban J connectivity index is 2.14. The maximum absolute atomic E-state index is 12.5. The van der Waals surface area contributed by atoms with Crippen molar-refractivity contribution < 1.29 is 19.1 Å². The summed E-state index contributed by atoms with van der Waals surface area (Å²) in [5.41, 5.74) is 0.790. The Labute approximate surface area is 139 Å². The summed E-state index contributed by atoms with van der Waals surface area (Å²) in [5, 5.41) is 2.38. The molecule has 0 radical (unpaired) electrons. The Hall–Kier alpha value is -3.39. The third-order valence-electron chi connectivity index (χ3n) is 3.15. The predicted octanol–water partition coefficient (Wildman–Crippen LogP) is 1.82. The summed E-state index contributed by atoms with van der Waals surface area (Å²) in [6.07, 6.45) is 5.02. The first-order valence-electron chi connectivity index (χ1n) is 7.19. The van der Waals surface area contributed by atoms with Gasteiger partial charge in [-0.3, -0.25) is 9.59 Å². The van der Waals surface area contributed by atoms with Crippen molar-refractivity contribution >= 4 is 17.7 Å². The minimum Gasteiger partial charge on any atom is -0.452 e. The number of ether oxygens (including phenoxy) is 1. The van der Waals surface area contributed by atoms with Gasteiger partial charge in [0.1, 0.15) is 0 Å². The van der Waals surface area contributed by atoms with Crippen molar-refractivity contribution in [1.82, 2.24) is 5.32 Å². The Morgan fingerprint density at radius 3 is 2.25 bits per heavy atom. The number of nitrogens with one attached hydrogen (secondary N) is 1. The monoisotopic (exact) mass is 321 g/mol. The van der Waals surface area contributed by atoms with E-state index in [1.165, 1.54) is 6.07 Å². The van der Waals surface area contributed by atoms with Crippen LogP contribution in [0, 0.1) is 12.3 Å². The van der Waals surface area contributed by atoms with Crippen molar-refractivity contribution in [1.29, 1.82) is 0 Å². The lowest BCUT2D eigenvalue weighted by Crippen LogP contribution is -2.29. The molecule has 1 amide bonds. The van der Waals surface area contributed by atoms with Gasteiger partial charge in [-0.25, -0.2) is 4.79 Å². The minimum absolute atomic E-state index is 0.0550. The van der Waals surface area contributed by atoms with Gasteiger partial charge in [-0.1, -0.05) is 54.5 Å². The lowest BCUT2D eigenvalue weighted by Gasteiger charge is -2.09. The van der Waals surface area contributed by atoms with Gasteiger partial charge in [0, 0.05) is 11.1 Å².